The van der Waals surface area contributed by atoms with Crippen molar-refractivity contribution in [3.63, 3.8) is 0 Å². The van der Waals surface area contributed by atoms with Crippen molar-refractivity contribution < 1.29 is 28.6 Å². The van der Waals surface area contributed by atoms with Crippen molar-refractivity contribution in [3.05, 3.63) is 97.2 Å². The van der Waals surface area contributed by atoms with Gasteiger partial charge in [-0.3, -0.25) is 14.4 Å². The lowest BCUT2D eigenvalue weighted by Gasteiger charge is -2.18. The summed E-state index contributed by atoms with van der Waals surface area (Å²) in [6, 6.07) is 0. The maximum atomic E-state index is 12.8. The van der Waals surface area contributed by atoms with Crippen LogP contribution >= 0.6 is 0 Å². The van der Waals surface area contributed by atoms with E-state index in [1.807, 2.05) is 0 Å². The first kappa shape index (κ1) is 68.3. The fourth-order valence-corrected chi connectivity index (χ4v) is 8.30. The Balaban J connectivity index is 4.16. The Hall–Kier alpha value is -3.67. The van der Waals surface area contributed by atoms with E-state index in [9.17, 15) is 14.4 Å². The van der Waals surface area contributed by atoms with E-state index in [1.165, 1.54) is 135 Å². The highest BCUT2D eigenvalue weighted by Gasteiger charge is 2.19. The fourth-order valence-electron chi connectivity index (χ4n) is 8.30. The molecule has 0 aromatic rings. The fraction of sp³-hybridized carbons (Fsp3) is 0.712. The Bertz CT molecular complexity index is 1430. The molecular formula is C66H112O6. The molecule has 0 heterocycles. The molecule has 6 heteroatoms. The molecule has 1 atom stereocenters. The molecule has 0 N–H and O–H groups in total. The van der Waals surface area contributed by atoms with Crippen LogP contribution < -0.4 is 0 Å². The van der Waals surface area contributed by atoms with Crippen LogP contribution in [0.25, 0.3) is 0 Å². The predicted molar refractivity (Wildman–Crippen MR) is 311 cm³/mol. The van der Waals surface area contributed by atoms with Gasteiger partial charge in [-0.15, -0.1) is 0 Å². The minimum Gasteiger partial charge on any atom is -0.462 e. The Morgan fingerprint density at radius 1 is 0.292 bits per heavy atom. The monoisotopic (exact) mass is 1000 g/mol. The number of allylic oxidation sites excluding steroid dienone is 16. The van der Waals surface area contributed by atoms with Gasteiger partial charge >= 0.3 is 17.9 Å². The minimum absolute atomic E-state index is 0.0813. The van der Waals surface area contributed by atoms with Gasteiger partial charge in [0, 0.05) is 19.3 Å². The van der Waals surface area contributed by atoms with Crippen LogP contribution in [0.4, 0.5) is 0 Å². The van der Waals surface area contributed by atoms with Crippen molar-refractivity contribution in [3.8, 4) is 0 Å². The zero-order chi connectivity index (χ0) is 52.2. The van der Waals surface area contributed by atoms with E-state index in [4.69, 9.17) is 14.2 Å². The molecule has 0 radical (unpaired) electrons. The Morgan fingerprint density at radius 3 is 0.847 bits per heavy atom. The Labute approximate surface area is 445 Å². The molecule has 72 heavy (non-hydrogen) atoms. The summed E-state index contributed by atoms with van der Waals surface area (Å²) in [5.41, 5.74) is 0. The van der Waals surface area contributed by atoms with Gasteiger partial charge in [0.2, 0.25) is 0 Å². The van der Waals surface area contributed by atoms with E-state index in [0.717, 1.165) is 109 Å². The molecule has 0 bridgehead atoms. The van der Waals surface area contributed by atoms with Crippen LogP contribution in [-0.4, -0.2) is 37.2 Å². The molecule has 0 amide bonds. The summed E-state index contributed by atoms with van der Waals surface area (Å²) >= 11 is 0. The van der Waals surface area contributed by atoms with Gasteiger partial charge in [-0.05, 0) is 103 Å². The zero-order valence-corrected chi connectivity index (χ0v) is 47.2. The van der Waals surface area contributed by atoms with Gasteiger partial charge in [0.25, 0.3) is 0 Å². The van der Waals surface area contributed by atoms with Gasteiger partial charge in [0.05, 0.1) is 0 Å². The second-order valence-corrected chi connectivity index (χ2v) is 19.9. The molecule has 0 saturated heterocycles. The van der Waals surface area contributed by atoms with Crippen LogP contribution in [-0.2, 0) is 28.6 Å². The maximum absolute atomic E-state index is 12.8. The first-order chi connectivity index (χ1) is 35.5. The van der Waals surface area contributed by atoms with Crippen LogP contribution in [0.2, 0.25) is 0 Å². The minimum atomic E-state index is -0.781. The topological polar surface area (TPSA) is 78.9 Å². The molecule has 0 fully saturated rings. The molecule has 6 nitrogen and oxygen atoms in total. The number of hydrogen-bond acceptors (Lipinski definition) is 6. The number of esters is 3. The van der Waals surface area contributed by atoms with Crippen molar-refractivity contribution >= 4 is 17.9 Å². The molecule has 1 unspecified atom stereocenters. The van der Waals surface area contributed by atoms with Gasteiger partial charge < -0.3 is 14.2 Å². The van der Waals surface area contributed by atoms with Gasteiger partial charge in [-0.2, -0.15) is 0 Å². The standard InChI is InChI=1S/C66H112O6/c1-4-7-10-13-16-18-20-22-24-26-28-30-31-32-33-34-35-37-38-40-42-44-46-48-50-53-56-59-65(68)71-62-63(61-70-64(67)58-55-52-15-12-9-6-3)72-66(69)60-57-54-51-49-47-45-43-41-39-36-29-27-25-23-21-19-17-14-11-8-5-2/h7,10,16,18,21-24,27-30,32-33,35,37,63H,4-6,8-9,11-15,17,19-20,25-26,31,34,36,38-62H2,1-3H3/b10-7-,18-16-,23-21-,24-22-,29-27-,30-28-,33-32-,37-35-. The SMILES string of the molecule is CC/C=C\C/C=C\C/C=C\C/C=C\C/C=C\C/C=C\CCCCCCCCCCC(=O)OCC(COC(=O)CCCCCCCC)OC(=O)CCCCCCCCCCC/C=C\C/C=C\CCCCCCC. The summed E-state index contributed by atoms with van der Waals surface area (Å²) in [4.78, 5) is 38.0. The molecule has 0 aromatic heterocycles. The van der Waals surface area contributed by atoms with E-state index in [0.29, 0.717) is 19.3 Å². The second kappa shape index (κ2) is 59.9. The highest BCUT2D eigenvalue weighted by atomic mass is 16.6. The first-order valence-corrected chi connectivity index (χ1v) is 30.2. The molecular weight excluding hydrogens is 889 g/mol. The van der Waals surface area contributed by atoms with E-state index in [2.05, 4.69) is 118 Å². The van der Waals surface area contributed by atoms with E-state index in [-0.39, 0.29) is 31.1 Å². The number of rotatable bonds is 54. The highest BCUT2D eigenvalue weighted by Crippen LogP contribution is 2.15. The van der Waals surface area contributed by atoms with Crippen LogP contribution in [0.1, 0.15) is 284 Å². The smallest absolute Gasteiger partial charge is 0.306 e. The summed E-state index contributed by atoms with van der Waals surface area (Å²) in [5, 5.41) is 0. The largest absolute Gasteiger partial charge is 0.462 e. The van der Waals surface area contributed by atoms with Crippen molar-refractivity contribution in [1.29, 1.82) is 0 Å². The molecule has 412 valence electrons. The lowest BCUT2D eigenvalue weighted by molar-refractivity contribution is -0.167. The number of hydrogen-bond donors (Lipinski definition) is 0. The number of unbranched alkanes of at least 4 members (excludes halogenated alkanes) is 27. The molecule has 0 aliphatic carbocycles. The molecule has 0 aliphatic rings. The van der Waals surface area contributed by atoms with Gasteiger partial charge in [0.15, 0.2) is 6.10 Å². The third kappa shape index (κ3) is 57.2. The molecule has 0 rings (SSSR count). The molecule has 0 spiro atoms. The summed E-state index contributed by atoms with van der Waals surface area (Å²) in [7, 11) is 0. The van der Waals surface area contributed by atoms with Gasteiger partial charge in [-0.1, -0.05) is 259 Å². The second-order valence-electron chi connectivity index (χ2n) is 19.9. The number of carbonyl (C=O) groups excluding carboxylic acids is 3. The van der Waals surface area contributed by atoms with Crippen LogP contribution in [0.5, 0.6) is 0 Å². The molecule has 0 aromatic carbocycles. The summed E-state index contributed by atoms with van der Waals surface area (Å²) in [6.45, 7) is 6.46. The molecule has 0 saturated carbocycles. The Kier molecular flexibility index (Phi) is 56.8. The third-order valence-electron chi connectivity index (χ3n) is 12.8. The van der Waals surface area contributed by atoms with Crippen molar-refractivity contribution in [1.82, 2.24) is 0 Å². The summed E-state index contributed by atoms with van der Waals surface area (Å²) in [6.07, 6.45) is 80.0. The summed E-state index contributed by atoms with van der Waals surface area (Å²) in [5.74, 6) is -0.899. The van der Waals surface area contributed by atoms with Crippen molar-refractivity contribution in [2.45, 2.75) is 290 Å². The lowest BCUT2D eigenvalue weighted by Crippen LogP contribution is -2.30. The zero-order valence-electron chi connectivity index (χ0n) is 47.2. The van der Waals surface area contributed by atoms with Crippen molar-refractivity contribution in [2.24, 2.45) is 0 Å². The highest BCUT2D eigenvalue weighted by molar-refractivity contribution is 5.71. The predicted octanol–water partition coefficient (Wildman–Crippen LogP) is 20.5. The van der Waals surface area contributed by atoms with Crippen molar-refractivity contribution in [2.75, 3.05) is 13.2 Å². The van der Waals surface area contributed by atoms with E-state index >= 15 is 0 Å². The van der Waals surface area contributed by atoms with Crippen LogP contribution in [0.15, 0.2) is 97.2 Å². The first-order valence-electron chi connectivity index (χ1n) is 30.2. The average molecular weight is 1000 g/mol. The van der Waals surface area contributed by atoms with Crippen LogP contribution in [0.3, 0.4) is 0 Å². The third-order valence-corrected chi connectivity index (χ3v) is 12.8. The average Bonchev–Trinajstić information content (AvgIpc) is 3.38. The molecule has 0 aliphatic heterocycles. The van der Waals surface area contributed by atoms with E-state index in [1.54, 1.807) is 0 Å². The van der Waals surface area contributed by atoms with Crippen LogP contribution in [0, 0.1) is 0 Å². The number of ether oxygens (including phenoxy) is 3. The van der Waals surface area contributed by atoms with Gasteiger partial charge in [-0.25, -0.2) is 0 Å². The van der Waals surface area contributed by atoms with E-state index < -0.39 is 6.10 Å². The summed E-state index contributed by atoms with van der Waals surface area (Å²) < 4.78 is 16.8. The Morgan fingerprint density at radius 2 is 0.542 bits per heavy atom. The maximum Gasteiger partial charge on any atom is 0.306 e. The quantitative estimate of drug-likeness (QED) is 0.0261. The normalized spacial score (nSPS) is 12.8. The van der Waals surface area contributed by atoms with Gasteiger partial charge in [0.1, 0.15) is 13.2 Å². The number of carbonyl (C=O) groups is 3. The lowest BCUT2D eigenvalue weighted by atomic mass is 10.1.